The van der Waals surface area contributed by atoms with Gasteiger partial charge in [0.2, 0.25) is 5.95 Å². The van der Waals surface area contributed by atoms with Gasteiger partial charge in [-0.15, -0.1) is 11.3 Å². The lowest BCUT2D eigenvalue weighted by molar-refractivity contribution is 0.278. The highest BCUT2D eigenvalue weighted by atomic mass is 32.1. The van der Waals surface area contributed by atoms with Crippen molar-refractivity contribution in [3.05, 3.63) is 11.4 Å². The van der Waals surface area contributed by atoms with E-state index in [-0.39, 0.29) is 18.6 Å². The highest BCUT2D eigenvalue weighted by molar-refractivity contribution is 7.16. The molecule has 17 heavy (non-hydrogen) atoms. The van der Waals surface area contributed by atoms with Crippen LogP contribution in [-0.4, -0.2) is 27.7 Å². The molecule has 1 atom stereocenters. The van der Waals surface area contributed by atoms with E-state index in [1.165, 1.54) is 0 Å². The first kappa shape index (κ1) is 12.1. The molecule has 0 aliphatic rings. The molecular formula is C11H16N4OS. The van der Waals surface area contributed by atoms with Crippen molar-refractivity contribution < 1.29 is 5.11 Å². The Hall–Kier alpha value is -1.40. The van der Waals surface area contributed by atoms with Crippen molar-refractivity contribution in [2.45, 2.75) is 25.8 Å². The molecule has 0 aliphatic carbocycles. The van der Waals surface area contributed by atoms with Crippen molar-refractivity contribution in [1.29, 1.82) is 0 Å². The summed E-state index contributed by atoms with van der Waals surface area (Å²) in [5, 5.41) is 15.2. The number of nitrogen functional groups attached to an aromatic ring is 1. The smallest absolute Gasteiger partial charge is 0.223 e. The maximum absolute atomic E-state index is 8.98. The fourth-order valence-corrected chi connectivity index (χ4v) is 2.48. The number of aromatic nitrogens is 2. The summed E-state index contributed by atoms with van der Waals surface area (Å²) >= 11 is 1.54. The number of hydrogen-bond donors (Lipinski definition) is 3. The van der Waals surface area contributed by atoms with E-state index in [4.69, 9.17) is 10.8 Å². The van der Waals surface area contributed by atoms with Gasteiger partial charge < -0.3 is 16.2 Å². The molecule has 0 saturated carbocycles. The van der Waals surface area contributed by atoms with Crippen LogP contribution < -0.4 is 11.1 Å². The highest BCUT2D eigenvalue weighted by Gasteiger charge is 2.11. The predicted molar refractivity (Wildman–Crippen MR) is 71.2 cm³/mol. The van der Waals surface area contributed by atoms with Crippen molar-refractivity contribution in [3.63, 3.8) is 0 Å². The minimum atomic E-state index is 0.166. The Morgan fingerprint density at radius 3 is 3.06 bits per heavy atom. The van der Waals surface area contributed by atoms with Crippen LogP contribution in [0.15, 0.2) is 11.4 Å². The van der Waals surface area contributed by atoms with Gasteiger partial charge in [-0.25, -0.2) is 4.98 Å². The SMILES string of the molecule is CCC(CCO)Nc1nc(N)nc2sccc12. The van der Waals surface area contributed by atoms with Crippen LogP contribution in [0.5, 0.6) is 0 Å². The van der Waals surface area contributed by atoms with E-state index in [1.54, 1.807) is 11.3 Å². The van der Waals surface area contributed by atoms with Crippen LogP contribution in [0.25, 0.3) is 10.2 Å². The molecule has 0 fully saturated rings. The zero-order valence-corrected chi connectivity index (χ0v) is 10.5. The maximum Gasteiger partial charge on any atom is 0.223 e. The molecule has 2 aromatic heterocycles. The summed E-state index contributed by atoms with van der Waals surface area (Å²) in [6, 6.07) is 2.19. The Balaban J connectivity index is 2.30. The maximum atomic E-state index is 8.98. The Morgan fingerprint density at radius 2 is 2.35 bits per heavy atom. The van der Waals surface area contributed by atoms with Crippen LogP contribution >= 0.6 is 11.3 Å². The molecule has 2 rings (SSSR count). The highest BCUT2D eigenvalue weighted by Crippen LogP contribution is 2.26. The summed E-state index contributed by atoms with van der Waals surface area (Å²) < 4.78 is 0. The first-order valence-electron chi connectivity index (χ1n) is 5.62. The minimum Gasteiger partial charge on any atom is -0.396 e. The first-order chi connectivity index (χ1) is 8.24. The molecule has 0 spiro atoms. The number of aliphatic hydroxyl groups is 1. The molecule has 0 aromatic carbocycles. The molecule has 5 nitrogen and oxygen atoms in total. The van der Waals surface area contributed by atoms with Gasteiger partial charge in [0, 0.05) is 12.6 Å². The molecule has 1 unspecified atom stereocenters. The van der Waals surface area contributed by atoms with E-state index in [9.17, 15) is 0 Å². The summed E-state index contributed by atoms with van der Waals surface area (Å²) in [5.41, 5.74) is 5.67. The largest absolute Gasteiger partial charge is 0.396 e. The molecule has 92 valence electrons. The van der Waals surface area contributed by atoms with Crippen molar-refractivity contribution in [2.75, 3.05) is 17.7 Å². The van der Waals surface area contributed by atoms with Crippen LogP contribution in [-0.2, 0) is 0 Å². The number of aliphatic hydroxyl groups excluding tert-OH is 1. The second kappa shape index (κ2) is 5.29. The van der Waals surface area contributed by atoms with Gasteiger partial charge in [-0.2, -0.15) is 4.98 Å². The number of nitrogens with zero attached hydrogens (tertiary/aromatic N) is 2. The second-order valence-electron chi connectivity index (χ2n) is 3.83. The molecular weight excluding hydrogens is 236 g/mol. The lowest BCUT2D eigenvalue weighted by Gasteiger charge is -2.16. The molecule has 6 heteroatoms. The van der Waals surface area contributed by atoms with Gasteiger partial charge in [0.25, 0.3) is 0 Å². The molecule has 0 saturated heterocycles. The quantitative estimate of drug-likeness (QED) is 0.756. The van der Waals surface area contributed by atoms with Gasteiger partial charge >= 0.3 is 0 Å². The van der Waals surface area contributed by atoms with Gasteiger partial charge in [0.05, 0.1) is 5.39 Å². The third-order valence-corrected chi connectivity index (χ3v) is 3.46. The molecule has 2 heterocycles. The third-order valence-electron chi connectivity index (χ3n) is 2.65. The van der Waals surface area contributed by atoms with Crippen LogP contribution in [0.2, 0.25) is 0 Å². The van der Waals surface area contributed by atoms with Crippen molar-refractivity contribution >= 4 is 33.3 Å². The lowest BCUT2D eigenvalue weighted by atomic mass is 10.1. The van der Waals surface area contributed by atoms with Gasteiger partial charge in [-0.05, 0) is 24.3 Å². The van der Waals surface area contributed by atoms with Crippen molar-refractivity contribution in [3.8, 4) is 0 Å². The summed E-state index contributed by atoms with van der Waals surface area (Å²) in [5.74, 6) is 1.04. The fraction of sp³-hybridized carbons (Fsp3) is 0.455. The number of nitrogens with one attached hydrogen (secondary N) is 1. The molecule has 0 radical (unpaired) electrons. The Labute approximate surface area is 104 Å². The Morgan fingerprint density at radius 1 is 1.53 bits per heavy atom. The van der Waals surface area contributed by atoms with E-state index in [2.05, 4.69) is 22.2 Å². The van der Waals surface area contributed by atoms with E-state index in [1.807, 2.05) is 11.4 Å². The number of rotatable bonds is 5. The normalized spacial score (nSPS) is 12.8. The third kappa shape index (κ3) is 2.65. The monoisotopic (exact) mass is 252 g/mol. The average Bonchev–Trinajstić information content (AvgIpc) is 2.76. The fourth-order valence-electron chi connectivity index (χ4n) is 1.71. The molecule has 0 amide bonds. The first-order valence-corrected chi connectivity index (χ1v) is 6.50. The minimum absolute atomic E-state index is 0.166. The van der Waals surface area contributed by atoms with Crippen LogP contribution in [0.4, 0.5) is 11.8 Å². The van der Waals surface area contributed by atoms with Crippen LogP contribution in [0, 0.1) is 0 Å². The van der Waals surface area contributed by atoms with E-state index >= 15 is 0 Å². The standard InChI is InChI=1S/C11H16N4OS/c1-2-7(3-5-16)13-9-8-4-6-17-10(8)15-11(12)14-9/h4,6-7,16H,2-3,5H2,1H3,(H3,12,13,14,15). The summed E-state index contributed by atoms with van der Waals surface area (Å²) in [7, 11) is 0. The van der Waals surface area contributed by atoms with Crippen LogP contribution in [0.3, 0.4) is 0 Å². The Kier molecular flexibility index (Phi) is 3.75. The number of nitrogens with two attached hydrogens (primary N) is 1. The number of anilines is 2. The summed E-state index contributed by atoms with van der Waals surface area (Å²) in [4.78, 5) is 9.28. The number of hydrogen-bond acceptors (Lipinski definition) is 6. The zero-order valence-electron chi connectivity index (χ0n) is 9.68. The van der Waals surface area contributed by atoms with Gasteiger partial charge in [0.1, 0.15) is 10.6 Å². The molecule has 0 aliphatic heterocycles. The van der Waals surface area contributed by atoms with E-state index < -0.39 is 0 Å². The van der Waals surface area contributed by atoms with Gasteiger partial charge in [0.15, 0.2) is 0 Å². The van der Waals surface area contributed by atoms with Crippen molar-refractivity contribution in [2.24, 2.45) is 0 Å². The van der Waals surface area contributed by atoms with Crippen molar-refractivity contribution in [1.82, 2.24) is 9.97 Å². The predicted octanol–water partition coefficient (Wildman–Crippen LogP) is 1.85. The molecule has 0 bridgehead atoms. The topological polar surface area (TPSA) is 84.1 Å². The average molecular weight is 252 g/mol. The number of fused-ring (bicyclic) bond motifs is 1. The van der Waals surface area contributed by atoms with Gasteiger partial charge in [-0.1, -0.05) is 6.92 Å². The van der Waals surface area contributed by atoms with E-state index in [0.717, 1.165) is 22.5 Å². The second-order valence-corrected chi connectivity index (χ2v) is 4.73. The summed E-state index contributed by atoms with van der Waals surface area (Å²) in [6.45, 7) is 2.24. The van der Waals surface area contributed by atoms with Crippen LogP contribution in [0.1, 0.15) is 19.8 Å². The molecule has 2 aromatic rings. The number of thiophene rings is 1. The summed E-state index contributed by atoms with van der Waals surface area (Å²) in [6.07, 6.45) is 1.63. The Bertz CT molecular complexity index is 499. The van der Waals surface area contributed by atoms with E-state index in [0.29, 0.717) is 6.42 Å². The lowest BCUT2D eigenvalue weighted by Crippen LogP contribution is -2.21. The molecule has 4 N–H and O–H groups in total. The van der Waals surface area contributed by atoms with Gasteiger partial charge in [-0.3, -0.25) is 0 Å². The zero-order chi connectivity index (χ0) is 12.3.